The molecule has 1 unspecified atom stereocenters. The zero-order valence-corrected chi connectivity index (χ0v) is 23.9. The van der Waals surface area contributed by atoms with E-state index in [0.717, 1.165) is 51.0 Å². The highest BCUT2D eigenvalue weighted by atomic mass is 16.6. The molecule has 41 heavy (non-hydrogen) atoms. The Labute approximate surface area is 238 Å². The third kappa shape index (κ3) is 5.43. The fourth-order valence-electron chi connectivity index (χ4n) is 6.11. The summed E-state index contributed by atoms with van der Waals surface area (Å²) in [6.07, 6.45) is 4.40. The molecule has 2 saturated heterocycles. The van der Waals surface area contributed by atoms with E-state index in [2.05, 4.69) is 30.5 Å². The largest absolute Gasteiger partial charge is 0.465 e. The standard InChI is InChI=1S/C28H36N8O5/c1-16-20-10-18(9-19(20)11-21(30-16)31-25(38)17(2)34(3)4)13-35-7-5-28(6-8-35)15-36(27(39)41-28)22-12-29-26-24(32-22)33-23(37)14-40-26/h11-12,17-18H,5-10,13-15H2,1-4H3,(H,30,31,38)(H,32,33,37)/t17-,18?/m1/s1. The number of fused-ring (bicyclic) bond motifs is 2. The lowest BCUT2D eigenvalue weighted by Crippen LogP contribution is -2.48. The molecule has 2 N–H and O–H groups in total. The molecule has 0 radical (unpaired) electrons. The second-order valence-corrected chi connectivity index (χ2v) is 11.8. The maximum absolute atomic E-state index is 12.8. The molecule has 0 saturated carbocycles. The SMILES string of the molecule is Cc1nc(NC(=O)[C@@H](C)N(C)C)cc2c1CC(CN1CCC3(CC1)CN(c1cnc4c(n1)NC(=O)CO4)C(=O)O3)C2. The lowest BCUT2D eigenvalue weighted by Gasteiger charge is -2.38. The number of hydrogen-bond donors (Lipinski definition) is 2. The summed E-state index contributed by atoms with van der Waals surface area (Å²) >= 11 is 0. The molecular weight excluding hydrogens is 528 g/mol. The van der Waals surface area contributed by atoms with E-state index in [1.165, 1.54) is 22.2 Å². The summed E-state index contributed by atoms with van der Waals surface area (Å²) in [5.41, 5.74) is 2.96. The minimum Gasteiger partial charge on any atom is -0.465 e. The number of likely N-dealkylation sites (tertiary alicyclic amines) is 1. The number of nitrogens with one attached hydrogen (secondary N) is 2. The van der Waals surface area contributed by atoms with Gasteiger partial charge in [0.1, 0.15) is 11.4 Å². The van der Waals surface area contributed by atoms with Gasteiger partial charge in [0.15, 0.2) is 18.2 Å². The number of anilines is 3. The van der Waals surface area contributed by atoms with Crippen molar-refractivity contribution in [2.75, 3.05) is 62.4 Å². The van der Waals surface area contributed by atoms with Crippen molar-refractivity contribution in [2.45, 2.75) is 51.2 Å². The lowest BCUT2D eigenvalue weighted by molar-refractivity contribution is -0.120. The van der Waals surface area contributed by atoms with E-state index in [0.29, 0.717) is 24.1 Å². The highest BCUT2D eigenvalue weighted by Crippen LogP contribution is 2.37. The van der Waals surface area contributed by atoms with E-state index in [1.54, 1.807) is 0 Å². The monoisotopic (exact) mass is 564 g/mol. The average molecular weight is 565 g/mol. The number of amides is 3. The molecule has 218 valence electrons. The number of ether oxygens (including phenoxy) is 2. The van der Waals surface area contributed by atoms with Crippen molar-refractivity contribution in [1.82, 2.24) is 24.8 Å². The van der Waals surface area contributed by atoms with Crippen molar-refractivity contribution >= 4 is 35.4 Å². The molecule has 4 aliphatic rings. The van der Waals surface area contributed by atoms with Crippen molar-refractivity contribution < 1.29 is 23.9 Å². The van der Waals surface area contributed by atoms with Gasteiger partial charge >= 0.3 is 6.09 Å². The fraction of sp³-hybridized carbons (Fsp3) is 0.571. The molecule has 13 nitrogen and oxygen atoms in total. The minimum absolute atomic E-state index is 0.0655. The van der Waals surface area contributed by atoms with Gasteiger partial charge in [-0.05, 0) is 63.9 Å². The number of rotatable bonds is 6. The normalized spacial score (nSPS) is 22.2. The van der Waals surface area contributed by atoms with Crippen molar-refractivity contribution in [1.29, 1.82) is 0 Å². The van der Waals surface area contributed by atoms with Crippen molar-refractivity contribution in [3.63, 3.8) is 0 Å². The first kappa shape index (κ1) is 27.3. The second kappa shape index (κ2) is 10.5. The van der Waals surface area contributed by atoms with Crippen LogP contribution in [0.3, 0.4) is 0 Å². The van der Waals surface area contributed by atoms with Crippen LogP contribution in [0.15, 0.2) is 12.3 Å². The van der Waals surface area contributed by atoms with Gasteiger partial charge in [-0.25, -0.2) is 19.7 Å². The molecule has 0 bridgehead atoms. The zero-order valence-electron chi connectivity index (χ0n) is 23.9. The van der Waals surface area contributed by atoms with Crippen LogP contribution in [0.1, 0.15) is 36.6 Å². The van der Waals surface area contributed by atoms with Crippen LogP contribution in [0.2, 0.25) is 0 Å². The molecule has 2 aromatic rings. The maximum atomic E-state index is 12.8. The maximum Gasteiger partial charge on any atom is 0.416 e. The molecule has 2 atom stereocenters. The van der Waals surface area contributed by atoms with Crippen molar-refractivity contribution in [3.8, 4) is 5.88 Å². The summed E-state index contributed by atoms with van der Waals surface area (Å²) in [6, 6.07) is 1.79. The second-order valence-electron chi connectivity index (χ2n) is 11.8. The number of aromatic nitrogens is 3. The van der Waals surface area contributed by atoms with Gasteiger partial charge in [0, 0.05) is 38.2 Å². The Bertz CT molecular complexity index is 1390. The number of nitrogens with zero attached hydrogens (tertiary/aromatic N) is 6. The number of carbonyl (C=O) groups excluding carboxylic acids is 3. The van der Waals surface area contributed by atoms with Gasteiger partial charge in [0.05, 0.1) is 18.8 Å². The summed E-state index contributed by atoms with van der Waals surface area (Å²) < 4.78 is 11.2. The van der Waals surface area contributed by atoms with Gasteiger partial charge in [-0.3, -0.25) is 19.4 Å². The molecule has 0 aromatic carbocycles. The molecule has 5 heterocycles. The first-order valence-corrected chi connectivity index (χ1v) is 14.1. The van der Waals surface area contributed by atoms with Crippen molar-refractivity contribution in [2.24, 2.45) is 5.92 Å². The van der Waals surface area contributed by atoms with Gasteiger partial charge in [0.25, 0.3) is 11.8 Å². The van der Waals surface area contributed by atoms with Gasteiger partial charge in [-0.15, -0.1) is 0 Å². The molecule has 2 aromatic heterocycles. The Morgan fingerprint density at radius 1 is 1.24 bits per heavy atom. The molecule has 6 rings (SSSR count). The Kier molecular flexibility index (Phi) is 7.02. The molecule has 3 amide bonds. The number of likely N-dealkylation sites (N-methyl/N-ethyl adjacent to an activating group) is 1. The van der Waals surface area contributed by atoms with Crippen molar-refractivity contribution in [3.05, 3.63) is 29.1 Å². The summed E-state index contributed by atoms with van der Waals surface area (Å²) in [5, 5.41) is 5.61. The third-order valence-corrected chi connectivity index (χ3v) is 8.68. The van der Waals surface area contributed by atoms with Crippen LogP contribution in [0.4, 0.5) is 22.2 Å². The highest BCUT2D eigenvalue weighted by molar-refractivity contribution is 5.95. The Balaban J connectivity index is 1.04. The highest BCUT2D eigenvalue weighted by Gasteiger charge is 2.48. The molecule has 13 heteroatoms. The zero-order chi connectivity index (χ0) is 28.9. The predicted octanol–water partition coefficient (Wildman–Crippen LogP) is 1.61. The van der Waals surface area contributed by atoms with Gasteiger partial charge in [0.2, 0.25) is 5.91 Å². The number of piperidine rings is 1. The van der Waals surface area contributed by atoms with E-state index < -0.39 is 11.7 Å². The molecule has 2 fully saturated rings. The third-order valence-electron chi connectivity index (χ3n) is 8.68. The number of hydrogen-bond acceptors (Lipinski definition) is 10. The van der Waals surface area contributed by atoms with E-state index in [-0.39, 0.29) is 36.2 Å². The van der Waals surface area contributed by atoms with E-state index in [1.807, 2.05) is 38.9 Å². The number of carbonyl (C=O) groups is 3. The molecular formula is C28H36N8O5. The van der Waals surface area contributed by atoms with Crippen LogP contribution in [-0.2, 0) is 27.2 Å². The summed E-state index contributed by atoms with van der Waals surface area (Å²) in [4.78, 5) is 56.1. The van der Waals surface area contributed by atoms with Crippen LogP contribution < -0.4 is 20.3 Å². The smallest absolute Gasteiger partial charge is 0.416 e. The van der Waals surface area contributed by atoms with E-state index in [4.69, 9.17) is 9.47 Å². The van der Waals surface area contributed by atoms with Crippen LogP contribution >= 0.6 is 0 Å². The van der Waals surface area contributed by atoms with Gasteiger partial charge < -0.3 is 25.0 Å². The predicted molar refractivity (Wildman–Crippen MR) is 150 cm³/mol. The molecule has 1 aliphatic carbocycles. The summed E-state index contributed by atoms with van der Waals surface area (Å²) in [5.74, 6) is 1.49. The summed E-state index contributed by atoms with van der Waals surface area (Å²) in [7, 11) is 3.76. The Morgan fingerprint density at radius 2 is 2.02 bits per heavy atom. The Hall–Kier alpha value is -3.84. The van der Waals surface area contributed by atoms with Gasteiger partial charge in [-0.2, -0.15) is 0 Å². The summed E-state index contributed by atoms with van der Waals surface area (Å²) in [6.45, 7) is 6.79. The van der Waals surface area contributed by atoms with Crippen LogP contribution in [0.5, 0.6) is 5.88 Å². The first-order valence-electron chi connectivity index (χ1n) is 14.1. The van der Waals surface area contributed by atoms with Crippen LogP contribution in [0.25, 0.3) is 0 Å². The number of aryl methyl sites for hydroxylation is 1. The topological polar surface area (TPSA) is 142 Å². The molecule has 1 spiro atoms. The number of pyridine rings is 1. The Morgan fingerprint density at radius 3 is 2.78 bits per heavy atom. The average Bonchev–Trinajstić information content (AvgIpc) is 3.49. The quantitative estimate of drug-likeness (QED) is 0.531. The van der Waals surface area contributed by atoms with Crippen LogP contribution in [0, 0.1) is 12.8 Å². The van der Waals surface area contributed by atoms with E-state index >= 15 is 0 Å². The minimum atomic E-state index is -0.569. The van der Waals surface area contributed by atoms with E-state index in [9.17, 15) is 14.4 Å². The molecule has 3 aliphatic heterocycles. The first-order chi connectivity index (χ1) is 19.6. The van der Waals surface area contributed by atoms with Crippen LogP contribution in [-0.4, -0.2) is 101 Å². The van der Waals surface area contributed by atoms with Gasteiger partial charge in [-0.1, -0.05) is 0 Å². The lowest BCUT2D eigenvalue weighted by atomic mass is 9.90. The fourth-order valence-corrected chi connectivity index (χ4v) is 6.11.